The lowest BCUT2D eigenvalue weighted by molar-refractivity contribution is 0.305. The number of allylic oxidation sites excluding steroid dienone is 1. The first-order valence-corrected chi connectivity index (χ1v) is 10.9. The summed E-state index contributed by atoms with van der Waals surface area (Å²) in [5.74, 6) is 1.26. The molecule has 6 nitrogen and oxygen atoms in total. The third kappa shape index (κ3) is 5.34. The number of halogens is 1. The van der Waals surface area contributed by atoms with Gasteiger partial charge >= 0.3 is 0 Å². The van der Waals surface area contributed by atoms with Crippen LogP contribution in [0.5, 0.6) is 0 Å². The van der Waals surface area contributed by atoms with E-state index in [-0.39, 0.29) is 5.82 Å². The molecular weight excluding hydrogens is 411 g/mol. The van der Waals surface area contributed by atoms with E-state index in [2.05, 4.69) is 48.3 Å². The highest BCUT2D eigenvalue weighted by atomic mass is 32.2. The SMILES string of the molecule is C=CCn1c(CN(C)Cc2ccc3nccnc3c2)nnc1SCc1cccc(F)c1. The molecule has 0 amide bonds. The van der Waals surface area contributed by atoms with E-state index in [0.29, 0.717) is 18.8 Å². The number of fused-ring (bicyclic) bond motifs is 1. The summed E-state index contributed by atoms with van der Waals surface area (Å²) in [5, 5.41) is 9.56. The Kier molecular flexibility index (Phi) is 6.69. The van der Waals surface area contributed by atoms with Crippen molar-refractivity contribution in [3.63, 3.8) is 0 Å². The molecule has 2 aromatic heterocycles. The van der Waals surface area contributed by atoms with Gasteiger partial charge in [0.25, 0.3) is 0 Å². The Balaban J connectivity index is 1.44. The lowest BCUT2D eigenvalue weighted by atomic mass is 10.2. The molecule has 0 aliphatic carbocycles. The van der Waals surface area contributed by atoms with Crippen molar-refractivity contribution in [3.8, 4) is 0 Å². The van der Waals surface area contributed by atoms with Crippen LogP contribution in [0, 0.1) is 5.82 Å². The summed E-state index contributed by atoms with van der Waals surface area (Å²) in [7, 11) is 2.05. The molecule has 0 N–H and O–H groups in total. The van der Waals surface area contributed by atoms with Gasteiger partial charge in [0.05, 0.1) is 17.6 Å². The van der Waals surface area contributed by atoms with Crippen molar-refractivity contribution in [2.45, 2.75) is 30.5 Å². The monoisotopic (exact) mass is 434 g/mol. The first-order valence-electron chi connectivity index (χ1n) is 9.91. The lowest BCUT2D eigenvalue weighted by Gasteiger charge is -2.17. The van der Waals surface area contributed by atoms with E-state index in [4.69, 9.17) is 0 Å². The second kappa shape index (κ2) is 9.80. The molecule has 0 bridgehead atoms. The minimum Gasteiger partial charge on any atom is -0.301 e. The smallest absolute Gasteiger partial charge is 0.191 e. The Morgan fingerprint density at radius 3 is 2.68 bits per heavy atom. The first-order chi connectivity index (χ1) is 15.1. The molecular formula is C23H23FN6S. The molecule has 4 aromatic rings. The van der Waals surface area contributed by atoms with E-state index < -0.39 is 0 Å². The Morgan fingerprint density at radius 1 is 1.03 bits per heavy atom. The maximum absolute atomic E-state index is 13.4. The fraction of sp³-hybridized carbons (Fsp3) is 0.217. The normalized spacial score (nSPS) is 11.3. The lowest BCUT2D eigenvalue weighted by Crippen LogP contribution is -2.20. The second-order valence-electron chi connectivity index (χ2n) is 7.27. The van der Waals surface area contributed by atoms with Gasteiger partial charge in [-0.3, -0.25) is 14.9 Å². The number of benzene rings is 2. The highest BCUT2D eigenvalue weighted by Crippen LogP contribution is 2.23. The van der Waals surface area contributed by atoms with Gasteiger partial charge in [-0.1, -0.05) is 36.0 Å². The molecule has 0 unspecified atom stereocenters. The highest BCUT2D eigenvalue weighted by molar-refractivity contribution is 7.98. The van der Waals surface area contributed by atoms with Crippen LogP contribution in [-0.4, -0.2) is 36.7 Å². The van der Waals surface area contributed by atoms with Crippen LogP contribution in [0.15, 0.2) is 72.7 Å². The minimum atomic E-state index is -0.229. The molecule has 0 radical (unpaired) electrons. The molecule has 0 fully saturated rings. The number of thioether (sulfide) groups is 1. The molecule has 0 spiro atoms. The number of aromatic nitrogens is 5. The van der Waals surface area contributed by atoms with Crippen LogP contribution in [0.25, 0.3) is 11.0 Å². The van der Waals surface area contributed by atoms with Crippen LogP contribution in [-0.2, 0) is 25.4 Å². The summed E-state index contributed by atoms with van der Waals surface area (Å²) in [5.41, 5.74) is 3.85. The van der Waals surface area contributed by atoms with Gasteiger partial charge in [0.15, 0.2) is 5.16 Å². The summed E-state index contributed by atoms with van der Waals surface area (Å²) in [6, 6.07) is 12.8. The van der Waals surface area contributed by atoms with Gasteiger partial charge in [0.2, 0.25) is 0 Å². The molecule has 31 heavy (non-hydrogen) atoms. The standard InChI is InChI=1S/C23H23FN6S/c1-3-11-30-22(27-28-23(30)31-16-18-5-4-6-19(24)12-18)15-29(2)14-17-7-8-20-21(13-17)26-10-9-25-20/h3-10,12-13H,1,11,14-16H2,2H3. The summed E-state index contributed by atoms with van der Waals surface area (Å²) >= 11 is 1.54. The van der Waals surface area contributed by atoms with E-state index in [9.17, 15) is 4.39 Å². The van der Waals surface area contributed by atoms with E-state index in [1.165, 1.54) is 6.07 Å². The van der Waals surface area contributed by atoms with Crippen molar-refractivity contribution in [1.29, 1.82) is 0 Å². The Labute approximate surface area is 184 Å². The average molecular weight is 435 g/mol. The minimum absolute atomic E-state index is 0.229. The summed E-state index contributed by atoms with van der Waals surface area (Å²) in [6.45, 7) is 5.87. The fourth-order valence-corrected chi connectivity index (χ4v) is 4.26. The Hall–Kier alpha value is -3.10. The second-order valence-corrected chi connectivity index (χ2v) is 8.21. The largest absolute Gasteiger partial charge is 0.301 e. The van der Waals surface area contributed by atoms with Gasteiger partial charge in [0.1, 0.15) is 11.6 Å². The van der Waals surface area contributed by atoms with E-state index in [0.717, 1.165) is 39.7 Å². The predicted molar refractivity (Wildman–Crippen MR) is 121 cm³/mol. The molecule has 2 aromatic carbocycles. The number of rotatable bonds is 9. The molecule has 0 saturated heterocycles. The van der Waals surface area contributed by atoms with Crippen molar-refractivity contribution in [2.75, 3.05) is 7.05 Å². The van der Waals surface area contributed by atoms with Crippen molar-refractivity contribution in [2.24, 2.45) is 0 Å². The molecule has 0 aliphatic heterocycles. The molecule has 0 aliphatic rings. The summed E-state index contributed by atoms with van der Waals surface area (Å²) in [6.07, 6.45) is 5.24. The highest BCUT2D eigenvalue weighted by Gasteiger charge is 2.14. The summed E-state index contributed by atoms with van der Waals surface area (Å²) < 4.78 is 15.5. The third-order valence-electron chi connectivity index (χ3n) is 4.76. The van der Waals surface area contributed by atoms with Gasteiger partial charge in [-0.15, -0.1) is 16.8 Å². The van der Waals surface area contributed by atoms with Gasteiger partial charge in [-0.25, -0.2) is 4.39 Å². The maximum atomic E-state index is 13.4. The van der Waals surface area contributed by atoms with Gasteiger partial charge in [-0.05, 0) is 42.4 Å². The zero-order chi connectivity index (χ0) is 21.6. The molecule has 2 heterocycles. The van der Waals surface area contributed by atoms with E-state index in [1.54, 1.807) is 36.3 Å². The van der Waals surface area contributed by atoms with Crippen molar-refractivity contribution in [1.82, 2.24) is 29.6 Å². The zero-order valence-corrected chi connectivity index (χ0v) is 18.1. The molecule has 0 atom stereocenters. The quantitative estimate of drug-likeness (QED) is 0.286. The number of hydrogen-bond donors (Lipinski definition) is 0. The van der Waals surface area contributed by atoms with Crippen LogP contribution in [0.1, 0.15) is 17.0 Å². The van der Waals surface area contributed by atoms with Gasteiger partial charge < -0.3 is 4.57 Å². The van der Waals surface area contributed by atoms with Crippen LogP contribution in [0.2, 0.25) is 0 Å². The van der Waals surface area contributed by atoms with Crippen LogP contribution in [0.4, 0.5) is 4.39 Å². The Bertz CT molecular complexity index is 1190. The van der Waals surface area contributed by atoms with Crippen molar-refractivity contribution >= 4 is 22.8 Å². The average Bonchev–Trinajstić information content (AvgIpc) is 3.13. The fourth-order valence-electron chi connectivity index (χ4n) is 3.35. The Morgan fingerprint density at radius 2 is 1.87 bits per heavy atom. The molecule has 0 saturated carbocycles. The molecule has 4 rings (SSSR count). The maximum Gasteiger partial charge on any atom is 0.191 e. The zero-order valence-electron chi connectivity index (χ0n) is 17.3. The van der Waals surface area contributed by atoms with E-state index in [1.807, 2.05) is 25.3 Å². The van der Waals surface area contributed by atoms with Crippen LogP contribution in [0.3, 0.4) is 0 Å². The summed E-state index contributed by atoms with van der Waals surface area (Å²) in [4.78, 5) is 10.9. The third-order valence-corrected chi connectivity index (χ3v) is 5.80. The van der Waals surface area contributed by atoms with Crippen molar-refractivity contribution in [3.05, 3.63) is 90.3 Å². The molecule has 8 heteroatoms. The van der Waals surface area contributed by atoms with E-state index >= 15 is 0 Å². The topological polar surface area (TPSA) is 59.7 Å². The molecule has 158 valence electrons. The van der Waals surface area contributed by atoms with Crippen molar-refractivity contribution < 1.29 is 4.39 Å². The van der Waals surface area contributed by atoms with Gasteiger partial charge in [-0.2, -0.15) is 0 Å². The first kappa shape index (κ1) is 21.1. The number of nitrogens with zero attached hydrogens (tertiary/aromatic N) is 6. The predicted octanol–water partition coefficient (Wildman–Crippen LogP) is 4.47. The number of hydrogen-bond acceptors (Lipinski definition) is 6. The van der Waals surface area contributed by atoms with Gasteiger partial charge in [0, 0.05) is 31.2 Å². The van der Waals surface area contributed by atoms with Crippen LogP contribution < -0.4 is 0 Å². The van der Waals surface area contributed by atoms with Crippen LogP contribution >= 0.6 is 11.8 Å².